The minimum absolute atomic E-state index is 0. The summed E-state index contributed by atoms with van der Waals surface area (Å²) in [5, 5.41) is 0.268. The normalized spacial score (nSPS) is 11.9. The molecule has 0 saturated heterocycles. The van der Waals surface area contributed by atoms with E-state index in [-0.39, 0.29) is 39.5 Å². The third kappa shape index (κ3) is 3.17. The quantitative estimate of drug-likeness (QED) is 0.438. The van der Waals surface area contributed by atoms with Crippen LogP contribution in [0.15, 0.2) is 23.1 Å². The van der Waals surface area contributed by atoms with Crippen LogP contribution >= 0.6 is 11.6 Å². The Morgan fingerprint density at radius 3 is 2.50 bits per heavy atom. The number of benzene rings is 1. The molecule has 0 aliphatic carbocycles. The van der Waals surface area contributed by atoms with Crippen LogP contribution in [0.2, 0.25) is 5.02 Å². The van der Waals surface area contributed by atoms with Crippen molar-refractivity contribution in [3.8, 4) is 0 Å². The zero-order valence-electron chi connectivity index (χ0n) is 6.83. The van der Waals surface area contributed by atoms with Crippen LogP contribution in [0, 0.1) is 6.92 Å². The molecule has 0 N–H and O–H groups in total. The molecule has 0 spiro atoms. The van der Waals surface area contributed by atoms with Crippen LogP contribution in [0.4, 0.5) is 0 Å². The van der Waals surface area contributed by atoms with Gasteiger partial charge in [-0.05, 0) is 35.7 Å². The first-order valence-electron chi connectivity index (χ1n) is 2.96. The van der Waals surface area contributed by atoms with E-state index in [1.807, 2.05) is 6.92 Å². The molecule has 0 saturated carbocycles. The molecule has 0 aliphatic rings. The second-order valence-electron chi connectivity index (χ2n) is 2.17. The Kier molecular flexibility index (Phi) is 5.65. The summed E-state index contributed by atoms with van der Waals surface area (Å²) < 4.78 is 21.0. The summed E-state index contributed by atoms with van der Waals surface area (Å²) in [5.74, 6) is 0. The summed E-state index contributed by atoms with van der Waals surface area (Å²) >= 11 is 3.37. The molecule has 1 rings (SSSR count). The fraction of sp³-hybridized carbons (Fsp3) is 0.143. The standard InChI is InChI=1S/C7H7ClO2S.Na/c1-5-2-3-6(8)7(4-5)11(9)10;/h2-4H,1H3,(H,9,10);/q;+1/p-1. The smallest absolute Gasteiger partial charge is 0.768 e. The van der Waals surface area contributed by atoms with Gasteiger partial charge in [-0.15, -0.1) is 0 Å². The molecule has 0 amide bonds. The van der Waals surface area contributed by atoms with Gasteiger partial charge in [-0.3, -0.25) is 4.21 Å². The summed E-state index contributed by atoms with van der Waals surface area (Å²) in [7, 11) is 0. The summed E-state index contributed by atoms with van der Waals surface area (Å²) in [5.41, 5.74) is 0.883. The molecule has 1 aromatic rings. The molecule has 0 heterocycles. The molecular weight excluding hydrogens is 207 g/mol. The molecule has 1 aromatic carbocycles. The van der Waals surface area contributed by atoms with Gasteiger partial charge >= 0.3 is 29.6 Å². The zero-order chi connectivity index (χ0) is 8.43. The predicted molar refractivity (Wildman–Crippen MR) is 43.4 cm³/mol. The van der Waals surface area contributed by atoms with Crippen molar-refractivity contribution in [2.45, 2.75) is 11.8 Å². The number of halogens is 1. The molecule has 0 aliphatic heterocycles. The van der Waals surface area contributed by atoms with Gasteiger partial charge in [0.1, 0.15) is 0 Å². The fourth-order valence-corrected chi connectivity index (χ4v) is 1.55. The Morgan fingerprint density at radius 1 is 1.50 bits per heavy atom. The van der Waals surface area contributed by atoms with E-state index in [4.69, 9.17) is 11.6 Å². The van der Waals surface area contributed by atoms with Crippen molar-refractivity contribution in [2.24, 2.45) is 0 Å². The molecule has 0 bridgehead atoms. The number of rotatable bonds is 1. The second kappa shape index (κ2) is 5.37. The van der Waals surface area contributed by atoms with Gasteiger partial charge in [0.2, 0.25) is 0 Å². The number of aryl methyl sites for hydroxylation is 1. The maximum Gasteiger partial charge on any atom is 1.00 e. The Hall–Kier alpha value is 0.620. The zero-order valence-corrected chi connectivity index (χ0v) is 10.4. The molecule has 60 valence electrons. The minimum atomic E-state index is -2.23. The van der Waals surface area contributed by atoms with E-state index in [0.29, 0.717) is 0 Å². The van der Waals surface area contributed by atoms with Crippen molar-refractivity contribution >= 4 is 22.7 Å². The van der Waals surface area contributed by atoms with Crippen LogP contribution in [0.3, 0.4) is 0 Å². The third-order valence-electron chi connectivity index (χ3n) is 1.27. The molecule has 2 nitrogen and oxygen atoms in total. The van der Waals surface area contributed by atoms with Gasteiger partial charge in [-0.2, -0.15) is 0 Å². The molecule has 0 aromatic heterocycles. The summed E-state index contributed by atoms with van der Waals surface area (Å²) in [6, 6.07) is 4.87. The van der Waals surface area contributed by atoms with E-state index >= 15 is 0 Å². The Bertz CT molecular complexity index is 303. The van der Waals surface area contributed by atoms with Crippen molar-refractivity contribution in [2.75, 3.05) is 0 Å². The van der Waals surface area contributed by atoms with Gasteiger partial charge in [0.25, 0.3) is 0 Å². The first-order valence-corrected chi connectivity index (χ1v) is 4.42. The Balaban J connectivity index is 0.00000121. The Labute approximate surface area is 101 Å². The van der Waals surface area contributed by atoms with Gasteiger partial charge in [0, 0.05) is 4.90 Å². The SMILES string of the molecule is Cc1ccc(Cl)c(S(=O)[O-])c1.[Na+]. The number of hydrogen-bond acceptors (Lipinski definition) is 2. The van der Waals surface area contributed by atoms with E-state index in [1.165, 1.54) is 6.07 Å². The maximum absolute atomic E-state index is 10.5. The third-order valence-corrected chi connectivity index (χ3v) is 2.40. The van der Waals surface area contributed by atoms with E-state index < -0.39 is 11.1 Å². The molecule has 1 unspecified atom stereocenters. The fourth-order valence-electron chi connectivity index (χ4n) is 0.738. The van der Waals surface area contributed by atoms with Crippen LogP contribution < -0.4 is 29.6 Å². The Morgan fingerprint density at radius 2 is 2.08 bits per heavy atom. The largest absolute Gasteiger partial charge is 1.00 e. The van der Waals surface area contributed by atoms with Crippen LogP contribution in [0.1, 0.15) is 5.56 Å². The van der Waals surface area contributed by atoms with Gasteiger partial charge in [0.05, 0.1) is 5.02 Å². The molecule has 1 atom stereocenters. The molecule has 0 radical (unpaired) electrons. The molecular formula is C7H6ClNaO2S. The van der Waals surface area contributed by atoms with Crippen LogP contribution in [0.5, 0.6) is 0 Å². The second-order valence-corrected chi connectivity index (χ2v) is 3.49. The molecule has 12 heavy (non-hydrogen) atoms. The average molecular weight is 213 g/mol. The van der Waals surface area contributed by atoms with Crippen molar-refractivity contribution in [1.82, 2.24) is 0 Å². The van der Waals surface area contributed by atoms with E-state index in [9.17, 15) is 8.76 Å². The van der Waals surface area contributed by atoms with Gasteiger partial charge in [-0.25, -0.2) is 0 Å². The van der Waals surface area contributed by atoms with Gasteiger partial charge in [-0.1, -0.05) is 17.7 Å². The van der Waals surface area contributed by atoms with Gasteiger partial charge < -0.3 is 4.55 Å². The molecule has 0 fully saturated rings. The first kappa shape index (κ1) is 12.6. The summed E-state index contributed by atoms with van der Waals surface area (Å²) in [4.78, 5) is 0.159. The van der Waals surface area contributed by atoms with E-state index in [0.717, 1.165) is 5.56 Å². The van der Waals surface area contributed by atoms with E-state index in [1.54, 1.807) is 12.1 Å². The van der Waals surface area contributed by atoms with Crippen molar-refractivity contribution < 1.29 is 38.3 Å². The maximum atomic E-state index is 10.5. The van der Waals surface area contributed by atoms with E-state index in [2.05, 4.69) is 0 Å². The van der Waals surface area contributed by atoms with Crippen LogP contribution in [-0.2, 0) is 11.1 Å². The summed E-state index contributed by atoms with van der Waals surface area (Å²) in [6.07, 6.45) is 0. The van der Waals surface area contributed by atoms with Crippen LogP contribution in [-0.4, -0.2) is 8.76 Å². The first-order chi connectivity index (χ1) is 5.11. The topological polar surface area (TPSA) is 40.1 Å². The predicted octanol–water partition coefficient (Wildman–Crippen LogP) is -1.11. The monoisotopic (exact) mass is 212 g/mol. The number of hydrogen-bond donors (Lipinski definition) is 0. The summed E-state index contributed by atoms with van der Waals surface area (Å²) in [6.45, 7) is 1.81. The van der Waals surface area contributed by atoms with Crippen LogP contribution in [0.25, 0.3) is 0 Å². The minimum Gasteiger partial charge on any atom is -0.768 e. The molecule has 5 heteroatoms. The van der Waals surface area contributed by atoms with Gasteiger partial charge in [0.15, 0.2) is 0 Å². The van der Waals surface area contributed by atoms with Crippen molar-refractivity contribution in [3.05, 3.63) is 28.8 Å². The van der Waals surface area contributed by atoms with Crippen molar-refractivity contribution in [1.29, 1.82) is 0 Å². The average Bonchev–Trinajstić information content (AvgIpc) is 1.94. The van der Waals surface area contributed by atoms with Crippen molar-refractivity contribution in [3.63, 3.8) is 0 Å².